The lowest BCUT2D eigenvalue weighted by Crippen LogP contribution is -2.27. The van der Waals surface area contributed by atoms with E-state index in [1.165, 1.54) is 11.3 Å². The third-order valence-corrected chi connectivity index (χ3v) is 3.26. The molecule has 0 bridgehead atoms. The van der Waals surface area contributed by atoms with Crippen molar-refractivity contribution in [1.82, 2.24) is 20.1 Å². The molecule has 0 radical (unpaired) electrons. The third kappa shape index (κ3) is 3.30. The second kappa shape index (κ2) is 5.63. The number of amides is 1. The molecule has 96 valence electrons. The number of aromatic nitrogens is 3. The van der Waals surface area contributed by atoms with Crippen LogP contribution in [0.3, 0.4) is 0 Å². The van der Waals surface area contributed by atoms with Crippen molar-refractivity contribution in [3.8, 4) is 0 Å². The molecule has 7 heteroatoms. The monoisotopic (exact) mass is 265 g/mol. The summed E-state index contributed by atoms with van der Waals surface area (Å²) in [5.74, 6) is -0.0394. The van der Waals surface area contributed by atoms with Crippen molar-refractivity contribution < 1.29 is 4.79 Å². The molecule has 0 saturated heterocycles. The Hall–Kier alpha value is -1.89. The minimum absolute atomic E-state index is 0.0394. The molecular weight excluding hydrogens is 250 g/mol. The Morgan fingerprint density at radius 2 is 2.44 bits per heavy atom. The maximum Gasteiger partial charge on any atom is 0.226 e. The van der Waals surface area contributed by atoms with Gasteiger partial charge in [-0.2, -0.15) is 5.10 Å². The molecule has 0 aromatic carbocycles. The summed E-state index contributed by atoms with van der Waals surface area (Å²) >= 11 is 1.35. The van der Waals surface area contributed by atoms with Gasteiger partial charge in [-0.3, -0.25) is 9.48 Å². The van der Waals surface area contributed by atoms with Crippen molar-refractivity contribution in [3.05, 3.63) is 29.0 Å². The zero-order valence-corrected chi connectivity index (χ0v) is 10.9. The smallest absolute Gasteiger partial charge is 0.226 e. The fourth-order valence-corrected chi connectivity index (χ4v) is 2.17. The van der Waals surface area contributed by atoms with Gasteiger partial charge in [0, 0.05) is 37.3 Å². The first-order valence-corrected chi connectivity index (χ1v) is 6.46. The predicted molar refractivity (Wildman–Crippen MR) is 70.2 cm³/mol. The number of nitrogens with one attached hydrogen (secondary N) is 1. The number of anilines is 1. The van der Waals surface area contributed by atoms with Gasteiger partial charge >= 0.3 is 0 Å². The molecule has 2 rings (SSSR count). The van der Waals surface area contributed by atoms with Gasteiger partial charge in [0.2, 0.25) is 5.91 Å². The van der Waals surface area contributed by atoms with E-state index in [0.29, 0.717) is 11.7 Å². The summed E-state index contributed by atoms with van der Waals surface area (Å²) in [7, 11) is 1.88. The second-order valence-corrected chi connectivity index (χ2v) is 4.79. The first kappa shape index (κ1) is 12.6. The van der Waals surface area contributed by atoms with Crippen LogP contribution in [0.25, 0.3) is 0 Å². The summed E-state index contributed by atoms with van der Waals surface area (Å²) in [4.78, 5) is 15.7. The van der Waals surface area contributed by atoms with E-state index in [2.05, 4.69) is 15.4 Å². The van der Waals surface area contributed by atoms with Gasteiger partial charge in [0.1, 0.15) is 0 Å². The normalized spacial score (nSPS) is 10.5. The first-order valence-electron chi connectivity index (χ1n) is 5.58. The number of nitrogens with two attached hydrogens (primary N) is 1. The molecule has 0 fully saturated rings. The van der Waals surface area contributed by atoms with Crippen LogP contribution in [0.15, 0.2) is 17.6 Å². The maximum atomic E-state index is 11.6. The van der Waals surface area contributed by atoms with Crippen molar-refractivity contribution in [2.75, 3.05) is 12.3 Å². The van der Waals surface area contributed by atoms with E-state index in [-0.39, 0.29) is 12.3 Å². The highest BCUT2D eigenvalue weighted by Crippen LogP contribution is 2.11. The van der Waals surface area contributed by atoms with Crippen LogP contribution in [-0.4, -0.2) is 27.2 Å². The standard InChI is InChI=1S/C11H15N5OS/c1-16-9(3-5-14-16)2-4-13-10(17)6-8-7-18-11(12)15-8/h3,5,7H,2,4,6H2,1H3,(H2,12,15)(H,13,17). The fourth-order valence-electron chi connectivity index (χ4n) is 1.61. The molecule has 0 unspecified atom stereocenters. The summed E-state index contributed by atoms with van der Waals surface area (Å²) in [6, 6.07) is 1.94. The molecule has 0 saturated carbocycles. The number of rotatable bonds is 5. The molecule has 0 aliphatic heterocycles. The average Bonchev–Trinajstić information content (AvgIpc) is 2.89. The Kier molecular flexibility index (Phi) is 3.93. The summed E-state index contributed by atoms with van der Waals surface area (Å²) in [6.45, 7) is 0.595. The number of thiazole rings is 1. The summed E-state index contributed by atoms with van der Waals surface area (Å²) in [5.41, 5.74) is 7.31. The molecule has 3 N–H and O–H groups in total. The second-order valence-electron chi connectivity index (χ2n) is 3.90. The van der Waals surface area contributed by atoms with Gasteiger partial charge in [-0.15, -0.1) is 11.3 Å². The van der Waals surface area contributed by atoms with Gasteiger partial charge in [-0.05, 0) is 6.07 Å². The Labute approximate surface area is 109 Å². The van der Waals surface area contributed by atoms with Gasteiger partial charge in [0.25, 0.3) is 0 Å². The lowest BCUT2D eigenvalue weighted by molar-refractivity contribution is -0.120. The van der Waals surface area contributed by atoms with Crippen molar-refractivity contribution in [3.63, 3.8) is 0 Å². The summed E-state index contributed by atoms with van der Waals surface area (Å²) in [5, 5.41) is 9.21. The molecular formula is C11H15N5OS. The first-order chi connectivity index (χ1) is 8.65. The van der Waals surface area contributed by atoms with Crippen LogP contribution < -0.4 is 11.1 Å². The number of hydrogen-bond donors (Lipinski definition) is 2. The maximum absolute atomic E-state index is 11.6. The Morgan fingerprint density at radius 1 is 1.61 bits per heavy atom. The van der Waals surface area contributed by atoms with Gasteiger partial charge in [-0.25, -0.2) is 4.98 Å². The molecule has 18 heavy (non-hydrogen) atoms. The Bertz CT molecular complexity index is 533. The molecule has 2 heterocycles. The SMILES string of the molecule is Cn1nccc1CCNC(=O)Cc1csc(N)n1. The zero-order chi connectivity index (χ0) is 13.0. The highest BCUT2D eigenvalue weighted by Gasteiger charge is 2.06. The van der Waals surface area contributed by atoms with Crippen molar-refractivity contribution >= 4 is 22.4 Å². The van der Waals surface area contributed by atoms with Gasteiger partial charge in [-0.1, -0.05) is 0 Å². The Balaban J connectivity index is 1.74. The van der Waals surface area contributed by atoms with E-state index in [4.69, 9.17) is 5.73 Å². The minimum atomic E-state index is -0.0394. The van der Waals surface area contributed by atoms with E-state index in [1.807, 2.05) is 13.1 Å². The van der Waals surface area contributed by atoms with E-state index < -0.39 is 0 Å². The topological polar surface area (TPSA) is 85.8 Å². The van der Waals surface area contributed by atoms with E-state index in [0.717, 1.165) is 17.8 Å². The van der Waals surface area contributed by atoms with Crippen LogP contribution in [0.1, 0.15) is 11.4 Å². The molecule has 0 aliphatic carbocycles. The van der Waals surface area contributed by atoms with Crippen LogP contribution in [-0.2, 0) is 24.7 Å². The lowest BCUT2D eigenvalue weighted by atomic mass is 10.3. The van der Waals surface area contributed by atoms with Crippen molar-refractivity contribution in [1.29, 1.82) is 0 Å². The number of hydrogen-bond acceptors (Lipinski definition) is 5. The molecule has 0 aliphatic rings. The summed E-state index contributed by atoms with van der Waals surface area (Å²) < 4.78 is 1.80. The lowest BCUT2D eigenvalue weighted by Gasteiger charge is -2.04. The van der Waals surface area contributed by atoms with Crippen LogP contribution in [0.5, 0.6) is 0 Å². The predicted octanol–water partition coefficient (Wildman–Crippen LogP) is 0.360. The van der Waals surface area contributed by atoms with Crippen LogP contribution in [0.2, 0.25) is 0 Å². The quantitative estimate of drug-likeness (QED) is 0.817. The number of nitrogens with zero attached hydrogens (tertiary/aromatic N) is 3. The third-order valence-electron chi connectivity index (χ3n) is 2.54. The summed E-state index contributed by atoms with van der Waals surface area (Å²) in [6.07, 6.45) is 2.79. The number of nitrogen functional groups attached to an aromatic ring is 1. The van der Waals surface area contributed by atoms with Gasteiger partial charge in [0.15, 0.2) is 5.13 Å². The van der Waals surface area contributed by atoms with E-state index in [1.54, 1.807) is 16.3 Å². The van der Waals surface area contributed by atoms with Crippen molar-refractivity contribution in [2.45, 2.75) is 12.8 Å². The highest BCUT2D eigenvalue weighted by atomic mass is 32.1. The molecule has 0 spiro atoms. The molecule has 6 nitrogen and oxygen atoms in total. The average molecular weight is 265 g/mol. The highest BCUT2D eigenvalue weighted by molar-refractivity contribution is 7.13. The number of carbonyl (C=O) groups is 1. The number of carbonyl (C=O) groups excluding carboxylic acids is 1. The van der Waals surface area contributed by atoms with Gasteiger partial charge < -0.3 is 11.1 Å². The largest absolute Gasteiger partial charge is 0.375 e. The van der Waals surface area contributed by atoms with Crippen molar-refractivity contribution in [2.24, 2.45) is 7.05 Å². The van der Waals surface area contributed by atoms with Crippen LogP contribution >= 0.6 is 11.3 Å². The Morgan fingerprint density at radius 3 is 3.06 bits per heavy atom. The van der Waals surface area contributed by atoms with Crippen LogP contribution in [0, 0.1) is 0 Å². The van der Waals surface area contributed by atoms with E-state index in [9.17, 15) is 4.79 Å². The van der Waals surface area contributed by atoms with Crippen LogP contribution in [0.4, 0.5) is 5.13 Å². The molecule has 0 atom stereocenters. The fraction of sp³-hybridized carbons (Fsp3) is 0.364. The van der Waals surface area contributed by atoms with E-state index >= 15 is 0 Å². The molecule has 2 aromatic rings. The molecule has 2 aromatic heterocycles. The minimum Gasteiger partial charge on any atom is -0.375 e. The zero-order valence-electron chi connectivity index (χ0n) is 10.1. The molecule has 1 amide bonds. The number of aryl methyl sites for hydroxylation is 1. The van der Waals surface area contributed by atoms with Gasteiger partial charge in [0.05, 0.1) is 12.1 Å².